The van der Waals surface area contributed by atoms with Gasteiger partial charge in [-0.05, 0) is 13.0 Å². The highest BCUT2D eigenvalue weighted by atomic mass is 35.5. The van der Waals surface area contributed by atoms with Crippen molar-refractivity contribution in [2.45, 2.75) is 13.0 Å². The molecule has 88 valence electrons. The van der Waals surface area contributed by atoms with Crippen LogP contribution in [-0.4, -0.2) is 29.7 Å². The second-order valence-corrected chi connectivity index (χ2v) is 4.03. The number of nitrogens with zero attached hydrogens (tertiary/aromatic N) is 2. The second kappa shape index (κ2) is 5.14. The van der Waals surface area contributed by atoms with E-state index in [4.69, 9.17) is 11.6 Å². The van der Waals surface area contributed by atoms with Gasteiger partial charge in [0.1, 0.15) is 0 Å². The number of aliphatic hydroxyl groups is 1. The molecule has 0 heterocycles. The molecule has 0 aliphatic rings. The molecule has 0 saturated carbocycles. The third-order valence-corrected chi connectivity index (χ3v) is 2.39. The largest absolute Gasteiger partial charge is 0.392 e. The lowest BCUT2D eigenvalue weighted by atomic mass is 10.2. The number of anilines is 1. The summed E-state index contributed by atoms with van der Waals surface area (Å²) in [6.45, 7) is 2.08. The molecule has 1 rings (SSSR count). The Kier molecular flexibility index (Phi) is 4.09. The maximum atomic E-state index is 10.5. The van der Waals surface area contributed by atoms with Crippen LogP contribution in [0, 0.1) is 10.1 Å². The Bertz CT molecular complexity index is 396. The lowest BCUT2D eigenvalue weighted by Gasteiger charge is -2.21. The van der Waals surface area contributed by atoms with Gasteiger partial charge >= 0.3 is 0 Å². The van der Waals surface area contributed by atoms with Crippen molar-refractivity contribution in [3.63, 3.8) is 0 Å². The quantitative estimate of drug-likeness (QED) is 0.650. The molecule has 0 bridgehead atoms. The minimum atomic E-state index is -0.496. The number of hydrogen-bond donors (Lipinski definition) is 1. The monoisotopic (exact) mass is 244 g/mol. The Morgan fingerprint density at radius 1 is 1.62 bits per heavy atom. The molecule has 0 aromatic heterocycles. The number of aliphatic hydroxyl groups excluding tert-OH is 1. The zero-order chi connectivity index (χ0) is 12.3. The maximum absolute atomic E-state index is 10.5. The maximum Gasteiger partial charge on any atom is 0.271 e. The highest BCUT2D eigenvalue weighted by Gasteiger charge is 2.13. The van der Waals surface area contributed by atoms with Crippen LogP contribution in [0.3, 0.4) is 0 Å². The van der Waals surface area contributed by atoms with Crippen LogP contribution in [0.1, 0.15) is 6.92 Å². The summed E-state index contributed by atoms with van der Waals surface area (Å²) in [5, 5.41) is 20.0. The number of benzene rings is 1. The molecule has 0 aliphatic heterocycles. The van der Waals surface area contributed by atoms with Crippen molar-refractivity contribution in [1.82, 2.24) is 0 Å². The van der Waals surface area contributed by atoms with Gasteiger partial charge in [0.05, 0.1) is 21.7 Å². The lowest BCUT2D eigenvalue weighted by Crippen LogP contribution is -2.27. The number of halogens is 1. The summed E-state index contributed by atoms with van der Waals surface area (Å²) in [7, 11) is 1.76. The van der Waals surface area contributed by atoms with Gasteiger partial charge in [0, 0.05) is 25.7 Å². The van der Waals surface area contributed by atoms with Crippen molar-refractivity contribution in [1.29, 1.82) is 0 Å². The van der Waals surface area contributed by atoms with E-state index in [0.29, 0.717) is 17.3 Å². The van der Waals surface area contributed by atoms with E-state index in [1.807, 2.05) is 0 Å². The number of nitro groups is 1. The van der Waals surface area contributed by atoms with Crippen LogP contribution in [0.5, 0.6) is 0 Å². The van der Waals surface area contributed by atoms with E-state index in [1.165, 1.54) is 12.1 Å². The Labute approximate surface area is 98.4 Å². The van der Waals surface area contributed by atoms with Gasteiger partial charge in [-0.25, -0.2) is 0 Å². The molecule has 0 aliphatic carbocycles. The van der Waals surface area contributed by atoms with Crippen molar-refractivity contribution in [3.05, 3.63) is 33.3 Å². The molecule has 16 heavy (non-hydrogen) atoms. The van der Waals surface area contributed by atoms with E-state index in [9.17, 15) is 15.2 Å². The third-order valence-electron chi connectivity index (χ3n) is 2.09. The molecule has 0 fully saturated rings. The first kappa shape index (κ1) is 12.7. The van der Waals surface area contributed by atoms with Crippen LogP contribution in [0.4, 0.5) is 11.4 Å². The van der Waals surface area contributed by atoms with Gasteiger partial charge in [-0.1, -0.05) is 11.6 Å². The minimum Gasteiger partial charge on any atom is -0.392 e. The van der Waals surface area contributed by atoms with Crippen LogP contribution < -0.4 is 4.90 Å². The summed E-state index contributed by atoms with van der Waals surface area (Å²) in [5.74, 6) is 0. The molecule has 6 heteroatoms. The molecule has 1 aromatic carbocycles. The van der Waals surface area contributed by atoms with Crippen molar-refractivity contribution < 1.29 is 10.0 Å². The molecule has 5 nitrogen and oxygen atoms in total. The lowest BCUT2D eigenvalue weighted by molar-refractivity contribution is -0.384. The fraction of sp³-hybridized carbons (Fsp3) is 0.400. The average molecular weight is 245 g/mol. The van der Waals surface area contributed by atoms with Crippen molar-refractivity contribution in [2.24, 2.45) is 0 Å². The molecule has 0 spiro atoms. The highest BCUT2D eigenvalue weighted by molar-refractivity contribution is 6.33. The number of likely N-dealkylation sites (N-methyl/N-ethyl adjacent to an activating group) is 1. The van der Waals surface area contributed by atoms with Gasteiger partial charge in [0.25, 0.3) is 5.69 Å². The Morgan fingerprint density at radius 3 is 2.69 bits per heavy atom. The normalized spacial score (nSPS) is 12.2. The van der Waals surface area contributed by atoms with E-state index in [2.05, 4.69) is 0 Å². The fourth-order valence-corrected chi connectivity index (χ4v) is 1.73. The Hall–Kier alpha value is -1.33. The van der Waals surface area contributed by atoms with E-state index < -0.39 is 11.0 Å². The minimum absolute atomic E-state index is 0.0424. The van der Waals surface area contributed by atoms with Crippen LogP contribution >= 0.6 is 11.6 Å². The van der Waals surface area contributed by atoms with E-state index in [-0.39, 0.29) is 5.69 Å². The van der Waals surface area contributed by atoms with Gasteiger partial charge in [-0.2, -0.15) is 0 Å². The SMILES string of the molecule is CC(O)CN(C)c1ccc([N+](=O)[O-])cc1Cl. The molecular formula is C10H13ClN2O3. The van der Waals surface area contributed by atoms with Crippen molar-refractivity contribution in [2.75, 3.05) is 18.5 Å². The predicted molar refractivity (Wildman–Crippen MR) is 63.1 cm³/mol. The molecular weight excluding hydrogens is 232 g/mol. The van der Waals surface area contributed by atoms with E-state index in [1.54, 1.807) is 24.9 Å². The van der Waals surface area contributed by atoms with E-state index >= 15 is 0 Å². The molecule has 0 radical (unpaired) electrons. The first-order chi connectivity index (χ1) is 7.41. The Balaban J connectivity index is 2.94. The van der Waals surface area contributed by atoms with Gasteiger partial charge in [0.15, 0.2) is 0 Å². The number of nitro benzene ring substituents is 1. The summed E-state index contributed by atoms with van der Waals surface area (Å²) < 4.78 is 0. The molecule has 1 unspecified atom stereocenters. The summed E-state index contributed by atoms with van der Waals surface area (Å²) in [5.41, 5.74) is 0.618. The molecule has 1 N–H and O–H groups in total. The number of hydrogen-bond acceptors (Lipinski definition) is 4. The first-order valence-corrected chi connectivity index (χ1v) is 5.12. The third kappa shape index (κ3) is 3.08. The molecule has 1 atom stereocenters. The predicted octanol–water partition coefficient (Wildman–Crippen LogP) is 2.07. The van der Waals surface area contributed by atoms with Gasteiger partial charge in [0.2, 0.25) is 0 Å². The summed E-state index contributed by atoms with van der Waals surface area (Å²) in [6.07, 6.45) is -0.490. The second-order valence-electron chi connectivity index (χ2n) is 3.62. The molecule has 0 saturated heterocycles. The average Bonchev–Trinajstić information content (AvgIpc) is 2.15. The van der Waals surface area contributed by atoms with Crippen LogP contribution in [0.15, 0.2) is 18.2 Å². The summed E-state index contributed by atoms with van der Waals surface area (Å²) >= 11 is 5.92. The highest BCUT2D eigenvalue weighted by Crippen LogP contribution is 2.29. The van der Waals surface area contributed by atoms with Gasteiger partial charge < -0.3 is 10.0 Å². The molecule has 1 aromatic rings. The summed E-state index contributed by atoms with van der Waals surface area (Å²) in [6, 6.07) is 4.26. The van der Waals surface area contributed by atoms with Crippen LogP contribution in [0.2, 0.25) is 5.02 Å². The van der Waals surface area contributed by atoms with Gasteiger partial charge in [-0.3, -0.25) is 10.1 Å². The van der Waals surface area contributed by atoms with Gasteiger partial charge in [-0.15, -0.1) is 0 Å². The fourth-order valence-electron chi connectivity index (χ4n) is 1.41. The van der Waals surface area contributed by atoms with Crippen molar-refractivity contribution >= 4 is 23.0 Å². The zero-order valence-electron chi connectivity index (χ0n) is 9.05. The summed E-state index contributed by atoms with van der Waals surface area (Å²) in [4.78, 5) is 11.8. The van der Waals surface area contributed by atoms with Crippen LogP contribution in [-0.2, 0) is 0 Å². The van der Waals surface area contributed by atoms with Crippen LogP contribution in [0.25, 0.3) is 0 Å². The zero-order valence-corrected chi connectivity index (χ0v) is 9.81. The standard InChI is InChI=1S/C10H13ClN2O3/c1-7(14)6-12(2)10-4-3-8(13(15)16)5-9(10)11/h3-5,7,14H,6H2,1-2H3. The van der Waals surface area contributed by atoms with E-state index in [0.717, 1.165) is 0 Å². The Morgan fingerprint density at radius 2 is 2.25 bits per heavy atom. The first-order valence-electron chi connectivity index (χ1n) is 4.75. The molecule has 0 amide bonds. The van der Waals surface area contributed by atoms with Crippen molar-refractivity contribution in [3.8, 4) is 0 Å². The topological polar surface area (TPSA) is 66.6 Å². The number of rotatable bonds is 4. The smallest absolute Gasteiger partial charge is 0.271 e. The number of non-ortho nitro benzene ring substituents is 1.